The Morgan fingerprint density at radius 1 is 1.07 bits per heavy atom. The molecule has 8 nitrogen and oxygen atoms in total. The molecule has 0 aliphatic carbocycles. The Hall–Kier alpha value is -3.55. The van der Waals surface area contributed by atoms with E-state index in [0.717, 1.165) is 0 Å². The summed E-state index contributed by atoms with van der Waals surface area (Å²) in [5.74, 6) is -1.90. The summed E-state index contributed by atoms with van der Waals surface area (Å²) >= 11 is 0. The molecule has 0 radical (unpaired) electrons. The lowest BCUT2D eigenvalue weighted by Gasteiger charge is -2.22. The number of hydrogen-bond acceptors (Lipinski definition) is 5. The molecule has 29 heavy (non-hydrogen) atoms. The first-order chi connectivity index (χ1) is 14.0. The first kappa shape index (κ1) is 18.8. The van der Waals surface area contributed by atoms with E-state index in [1.54, 1.807) is 48.5 Å². The van der Waals surface area contributed by atoms with Crippen LogP contribution in [0.3, 0.4) is 0 Å². The van der Waals surface area contributed by atoms with Crippen molar-refractivity contribution in [2.45, 2.75) is 12.5 Å². The topological polar surface area (TPSA) is 105 Å². The molecule has 2 aliphatic rings. The van der Waals surface area contributed by atoms with Gasteiger partial charge in [-0.15, -0.1) is 0 Å². The minimum atomic E-state index is -1.21. The van der Waals surface area contributed by atoms with Crippen molar-refractivity contribution in [2.75, 3.05) is 24.7 Å². The zero-order chi connectivity index (χ0) is 20.4. The number of carbonyl (C=O) groups excluding carboxylic acids is 2. The van der Waals surface area contributed by atoms with Gasteiger partial charge in [-0.3, -0.25) is 9.59 Å². The van der Waals surface area contributed by atoms with E-state index >= 15 is 0 Å². The number of carbonyl (C=O) groups is 3. The first-order valence-corrected chi connectivity index (χ1v) is 9.34. The van der Waals surface area contributed by atoms with Crippen LogP contribution in [0.25, 0.3) is 0 Å². The SMILES string of the molecule is O=C(N[C@@H](C(=O)O)c1ccccc1)C1CCN(c2ccc3c(c2)OCCO3)C1=O. The van der Waals surface area contributed by atoms with Crippen molar-refractivity contribution < 1.29 is 29.0 Å². The van der Waals surface area contributed by atoms with E-state index in [2.05, 4.69) is 5.32 Å². The minimum absolute atomic E-state index is 0.306. The van der Waals surface area contributed by atoms with Crippen LogP contribution < -0.4 is 19.7 Å². The van der Waals surface area contributed by atoms with Crippen LogP contribution in [-0.2, 0) is 14.4 Å². The van der Waals surface area contributed by atoms with Crippen LogP contribution in [0.15, 0.2) is 48.5 Å². The Balaban J connectivity index is 1.48. The summed E-state index contributed by atoms with van der Waals surface area (Å²) < 4.78 is 11.0. The van der Waals surface area contributed by atoms with Crippen LogP contribution in [0.1, 0.15) is 18.0 Å². The molecule has 1 fully saturated rings. The molecule has 2 atom stereocenters. The highest BCUT2D eigenvalue weighted by molar-refractivity contribution is 6.10. The van der Waals surface area contributed by atoms with Crippen LogP contribution in [0.4, 0.5) is 5.69 Å². The van der Waals surface area contributed by atoms with Crippen LogP contribution in [-0.4, -0.2) is 42.6 Å². The quantitative estimate of drug-likeness (QED) is 0.746. The molecule has 2 amide bonds. The van der Waals surface area contributed by atoms with Crippen LogP contribution in [0, 0.1) is 5.92 Å². The molecular formula is C21H20N2O6. The van der Waals surface area contributed by atoms with E-state index in [0.29, 0.717) is 48.9 Å². The van der Waals surface area contributed by atoms with E-state index < -0.39 is 23.8 Å². The number of aliphatic carboxylic acids is 1. The van der Waals surface area contributed by atoms with Gasteiger partial charge in [-0.25, -0.2) is 4.79 Å². The third-order valence-electron chi connectivity index (χ3n) is 5.03. The Morgan fingerprint density at radius 3 is 2.52 bits per heavy atom. The summed E-state index contributed by atoms with van der Waals surface area (Å²) in [6.45, 7) is 1.27. The average molecular weight is 396 g/mol. The van der Waals surface area contributed by atoms with E-state index in [1.807, 2.05) is 0 Å². The molecule has 2 aromatic carbocycles. The molecule has 0 spiro atoms. The highest BCUT2D eigenvalue weighted by atomic mass is 16.6. The van der Waals surface area contributed by atoms with Gasteiger partial charge >= 0.3 is 5.97 Å². The largest absolute Gasteiger partial charge is 0.486 e. The van der Waals surface area contributed by atoms with E-state index in [9.17, 15) is 19.5 Å². The van der Waals surface area contributed by atoms with Gasteiger partial charge in [0.25, 0.3) is 0 Å². The fourth-order valence-electron chi connectivity index (χ4n) is 3.56. The van der Waals surface area contributed by atoms with Gasteiger partial charge in [-0.05, 0) is 24.1 Å². The molecular weight excluding hydrogens is 376 g/mol. The zero-order valence-electron chi connectivity index (χ0n) is 15.5. The predicted molar refractivity (Wildman–Crippen MR) is 103 cm³/mol. The second-order valence-corrected chi connectivity index (χ2v) is 6.85. The summed E-state index contributed by atoms with van der Waals surface area (Å²) in [4.78, 5) is 38.7. The van der Waals surface area contributed by atoms with Crippen molar-refractivity contribution >= 4 is 23.5 Å². The first-order valence-electron chi connectivity index (χ1n) is 9.34. The number of carboxylic acids is 1. The minimum Gasteiger partial charge on any atom is -0.486 e. The van der Waals surface area contributed by atoms with Crippen molar-refractivity contribution in [3.8, 4) is 11.5 Å². The van der Waals surface area contributed by atoms with Crippen molar-refractivity contribution in [1.29, 1.82) is 0 Å². The lowest BCUT2D eigenvalue weighted by molar-refractivity contribution is -0.143. The second-order valence-electron chi connectivity index (χ2n) is 6.85. The number of carboxylic acid groups (broad SMARTS) is 1. The maximum atomic E-state index is 12.8. The van der Waals surface area contributed by atoms with Gasteiger partial charge in [-0.1, -0.05) is 30.3 Å². The van der Waals surface area contributed by atoms with E-state index in [4.69, 9.17) is 9.47 Å². The number of hydrogen-bond donors (Lipinski definition) is 2. The molecule has 2 heterocycles. The Kier molecular flexibility index (Phi) is 5.07. The Bertz CT molecular complexity index is 945. The molecule has 0 saturated carbocycles. The molecule has 8 heteroatoms. The van der Waals surface area contributed by atoms with E-state index in [1.165, 1.54) is 4.90 Å². The lowest BCUT2D eigenvalue weighted by atomic mass is 10.0. The summed E-state index contributed by atoms with van der Waals surface area (Å²) in [7, 11) is 0. The lowest BCUT2D eigenvalue weighted by Crippen LogP contribution is -2.41. The predicted octanol–water partition coefficient (Wildman–Crippen LogP) is 1.75. The maximum absolute atomic E-state index is 12.8. The summed E-state index contributed by atoms with van der Waals surface area (Å²) in [6.07, 6.45) is 0.306. The number of nitrogens with zero attached hydrogens (tertiary/aromatic N) is 1. The third kappa shape index (κ3) is 3.73. The van der Waals surface area contributed by atoms with Gasteiger partial charge < -0.3 is 24.8 Å². The highest BCUT2D eigenvalue weighted by Gasteiger charge is 2.39. The fourth-order valence-corrected chi connectivity index (χ4v) is 3.56. The molecule has 2 aromatic rings. The van der Waals surface area contributed by atoms with Crippen molar-refractivity contribution in [3.05, 3.63) is 54.1 Å². The average Bonchev–Trinajstić information content (AvgIpc) is 3.13. The van der Waals surface area contributed by atoms with Gasteiger partial charge in [-0.2, -0.15) is 0 Å². The van der Waals surface area contributed by atoms with E-state index in [-0.39, 0.29) is 5.91 Å². The maximum Gasteiger partial charge on any atom is 0.330 e. The van der Waals surface area contributed by atoms with Crippen molar-refractivity contribution in [1.82, 2.24) is 5.32 Å². The number of rotatable bonds is 5. The Labute approximate surface area is 167 Å². The molecule has 2 aliphatic heterocycles. The van der Waals surface area contributed by atoms with Crippen LogP contribution in [0.5, 0.6) is 11.5 Å². The second kappa shape index (κ2) is 7.83. The number of benzene rings is 2. The molecule has 150 valence electrons. The summed E-state index contributed by atoms with van der Waals surface area (Å²) in [5, 5.41) is 12.0. The zero-order valence-corrected chi connectivity index (χ0v) is 15.5. The fraction of sp³-hybridized carbons (Fsp3) is 0.286. The summed E-state index contributed by atoms with van der Waals surface area (Å²) in [6, 6.07) is 12.4. The number of ether oxygens (including phenoxy) is 2. The molecule has 1 unspecified atom stereocenters. The van der Waals surface area contributed by atoms with Gasteiger partial charge in [0.05, 0.1) is 0 Å². The summed E-state index contributed by atoms with van der Waals surface area (Å²) in [5.41, 5.74) is 1.06. The van der Waals surface area contributed by atoms with Gasteiger partial charge in [0, 0.05) is 18.3 Å². The number of nitrogens with one attached hydrogen (secondary N) is 1. The third-order valence-corrected chi connectivity index (χ3v) is 5.03. The molecule has 0 bridgehead atoms. The Morgan fingerprint density at radius 2 is 1.79 bits per heavy atom. The highest BCUT2D eigenvalue weighted by Crippen LogP contribution is 2.36. The van der Waals surface area contributed by atoms with Crippen molar-refractivity contribution in [2.24, 2.45) is 5.92 Å². The molecule has 4 rings (SSSR count). The molecule has 1 saturated heterocycles. The molecule has 0 aromatic heterocycles. The van der Waals surface area contributed by atoms with Gasteiger partial charge in [0.1, 0.15) is 19.1 Å². The monoisotopic (exact) mass is 396 g/mol. The van der Waals surface area contributed by atoms with Crippen LogP contribution in [0.2, 0.25) is 0 Å². The van der Waals surface area contributed by atoms with Gasteiger partial charge in [0.15, 0.2) is 17.5 Å². The molecule has 2 N–H and O–H groups in total. The van der Waals surface area contributed by atoms with Crippen LogP contribution >= 0.6 is 0 Å². The number of amides is 2. The smallest absolute Gasteiger partial charge is 0.330 e. The van der Waals surface area contributed by atoms with Gasteiger partial charge in [0.2, 0.25) is 11.8 Å². The van der Waals surface area contributed by atoms with Crippen molar-refractivity contribution in [3.63, 3.8) is 0 Å². The number of fused-ring (bicyclic) bond motifs is 1. The standard InChI is InChI=1S/C21H20N2O6/c24-19(22-18(21(26)27)13-4-2-1-3-5-13)15-8-9-23(20(15)25)14-6-7-16-17(12-14)29-11-10-28-16/h1-7,12,15,18H,8-11H2,(H,22,24)(H,26,27)/t15?,18-/m1/s1. The normalized spacial score (nSPS) is 19.0. The number of anilines is 1.